The molecule has 0 spiro atoms. The minimum absolute atomic E-state index is 0.108. The van der Waals surface area contributed by atoms with E-state index in [1.165, 1.54) is 12.8 Å². The third kappa shape index (κ3) is 3.44. The predicted octanol–water partition coefficient (Wildman–Crippen LogP) is 1.80. The Balaban J connectivity index is 2.65. The Labute approximate surface area is 103 Å². The molecular formula is C12H22N2OS. The third-order valence-electron chi connectivity index (χ3n) is 3.11. The zero-order chi connectivity index (χ0) is 12.3. The van der Waals surface area contributed by atoms with Crippen molar-refractivity contribution in [2.75, 3.05) is 13.1 Å². The van der Waals surface area contributed by atoms with Crippen LogP contribution in [0.4, 0.5) is 0 Å². The van der Waals surface area contributed by atoms with Crippen molar-refractivity contribution < 1.29 is 4.79 Å². The van der Waals surface area contributed by atoms with Gasteiger partial charge >= 0.3 is 0 Å². The van der Waals surface area contributed by atoms with Gasteiger partial charge in [-0.1, -0.05) is 26.1 Å². The molecule has 0 saturated heterocycles. The second-order valence-corrected chi connectivity index (χ2v) is 5.42. The lowest BCUT2D eigenvalue weighted by Crippen LogP contribution is -2.44. The van der Waals surface area contributed by atoms with Crippen LogP contribution < -0.4 is 5.73 Å². The molecule has 0 aromatic carbocycles. The van der Waals surface area contributed by atoms with Crippen LogP contribution in [-0.4, -0.2) is 28.9 Å². The number of carbonyl (C=O) groups is 1. The average molecular weight is 242 g/mol. The summed E-state index contributed by atoms with van der Waals surface area (Å²) < 4.78 is 0. The van der Waals surface area contributed by atoms with Crippen LogP contribution in [0.25, 0.3) is 0 Å². The Morgan fingerprint density at radius 1 is 1.50 bits per heavy atom. The van der Waals surface area contributed by atoms with Crippen LogP contribution in [0.2, 0.25) is 0 Å². The summed E-state index contributed by atoms with van der Waals surface area (Å²) in [5.74, 6) is 0.701. The number of thiocarbonyl (C=S) groups is 1. The third-order valence-corrected chi connectivity index (χ3v) is 3.36. The van der Waals surface area contributed by atoms with Gasteiger partial charge in [-0.25, -0.2) is 0 Å². The molecule has 0 aromatic heterocycles. The molecule has 0 bridgehead atoms. The Bertz CT molecular complexity index is 274. The summed E-state index contributed by atoms with van der Waals surface area (Å²) in [6.45, 7) is 7.62. The molecule has 16 heavy (non-hydrogen) atoms. The second kappa shape index (κ2) is 5.62. The molecule has 0 aromatic rings. The van der Waals surface area contributed by atoms with Gasteiger partial charge < -0.3 is 10.6 Å². The fraction of sp³-hybridized carbons (Fsp3) is 0.833. The number of amides is 1. The molecule has 1 amide bonds. The first-order chi connectivity index (χ1) is 7.47. The van der Waals surface area contributed by atoms with E-state index in [9.17, 15) is 4.79 Å². The van der Waals surface area contributed by atoms with Gasteiger partial charge in [-0.2, -0.15) is 0 Å². The largest absolute Gasteiger partial charge is 0.393 e. The Kier molecular flexibility index (Phi) is 4.71. The highest BCUT2D eigenvalue weighted by Crippen LogP contribution is 2.30. The van der Waals surface area contributed by atoms with Crippen LogP contribution in [0.5, 0.6) is 0 Å². The fourth-order valence-electron chi connectivity index (χ4n) is 1.92. The summed E-state index contributed by atoms with van der Waals surface area (Å²) in [7, 11) is 0. The Morgan fingerprint density at radius 3 is 2.38 bits per heavy atom. The first-order valence-corrected chi connectivity index (χ1v) is 6.46. The van der Waals surface area contributed by atoms with Crippen LogP contribution in [-0.2, 0) is 4.79 Å². The molecule has 0 heterocycles. The zero-order valence-electron chi connectivity index (χ0n) is 10.4. The summed E-state index contributed by atoms with van der Waals surface area (Å²) in [5, 5.41) is 0. The van der Waals surface area contributed by atoms with E-state index in [4.69, 9.17) is 18.0 Å². The van der Waals surface area contributed by atoms with E-state index < -0.39 is 0 Å². The van der Waals surface area contributed by atoms with Crippen LogP contribution in [0.15, 0.2) is 0 Å². The van der Waals surface area contributed by atoms with Crippen molar-refractivity contribution in [1.29, 1.82) is 0 Å². The van der Waals surface area contributed by atoms with E-state index in [1.54, 1.807) is 0 Å². The topological polar surface area (TPSA) is 46.3 Å². The van der Waals surface area contributed by atoms with Gasteiger partial charge in [-0.05, 0) is 31.6 Å². The van der Waals surface area contributed by atoms with Gasteiger partial charge in [0.1, 0.15) is 0 Å². The lowest BCUT2D eigenvalue weighted by molar-refractivity contribution is -0.134. The maximum absolute atomic E-state index is 12.3. The van der Waals surface area contributed by atoms with Crippen molar-refractivity contribution in [3.8, 4) is 0 Å². The van der Waals surface area contributed by atoms with E-state index in [0.717, 1.165) is 13.1 Å². The maximum atomic E-state index is 12.3. The molecule has 0 aliphatic heterocycles. The van der Waals surface area contributed by atoms with Crippen molar-refractivity contribution >= 4 is 23.1 Å². The van der Waals surface area contributed by atoms with E-state index in [0.29, 0.717) is 10.9 Å². The molecule has 92 valence electrons. The van der Waals surface area contributed by atoms with E-state index in [-0.39, 0.29) is 17.7 Å². The van der Waals surface area contributed by atoms with Crippen LogP contribution in [0.3, 0.4) is 0 Å². The molecule has 1 atom stereocenters. The molecule has 3 nitrogen and oxygen atoms in total. The van der Waals surface area contributed by atoms with Crippen molar-refractivity contribution in [3.63, 3.8) is 0 Å². The van der Waals surface area contributed by atoms with Crippen LogP contribution in [0.1, 0.15) is 33.6 Å². The molecule has 1 aliphatic rings. The standard InChI is InChI=1S/C12H22N2OS/c1-4-14(7-9-5-6-9)12(15)10(8(2)3)11(13)16/h8-10H,4-7H2,1-3H3,(H2,13,16). The fourth-order valence-corrected chi connectivity index (χ4v) is 2.29. The van der Waals surface area contributed by atoms with E-state index in [1.807, 2.05) is 25.7 Å². The molecule has 1 unspecified atom stereocenters. The SMILES string of the molecule is CCN(CC1CC1)C(=O)C(C(N)=S)C(C)C. The summed E-state index contributed by atoms with van der Waals surface area (Å²) >= 11 is 5.00. The zero-order valence-corrected chi connectivity index (χ0v) is 11.2. The quantitative estimate of drug-likeness (QED) is 0.723. The van der Waals surface area contributed by atoms with Gasteiger partial charge in [0.2, 0.25) is 5.91 Å². The number of hydrogen-bond acceptors (Lipinski definition) is 2. The molecule has 1 aliphatic carbocycles. The molecule has 2 N–H and O–H groups in total. The van der Waals surface area contributed by atoms with Crippen LogP contribution in [0, 0.1) is 17.8 Å². The van der Waals surface area contributed by atoms with Crippen molar-refractivity contribution in [2.24, 2.45) is 23.5 Å². The highest BCUT2D eigenvalue weighted by atomic mass is 32.1. The second-order valence-electron chi connectivity index (χ2n) is 4.94. The van der Waals surface area contributed by atoms with E-state index in [2.05, 4.69) is 0 Å². The molecule has 1 rings (SSSR count). The Hall–Kier alpha value is -0.640. The van der Waals surface area contributed by atoms with Gasteiger partial charge in [0.05, 0.1) is 10.9 Å². The maximum Gasteiger partial charge on any atom is 0.232 e. The number of nitrogens with zero attached hydrogens (tertiary/aromatic N) is 1. The van der Waals surface area contributed by atoms with Crippen molar-refractivity contribution in [3.05, 3.63) is 0 Å². The van der Waals surface area contributed by atoms with Crippen LogP contribution >= 0.6 is 12.2 Å². The van der Waals surface area contributed by atoms with Crippen molar-refractivity contribution in [2.45, 2.75) is 33.6 Å². The van der Waals surface area contributed by atoms with Gasteiger partial charge in [0.25, 0.3) is 0 Å². The lowest BCUT2D eigenvalue weighted by atomic mass is 9.94. The summed E-state index contributed by atoms with van der Waals surface area (Å²) in [5.41, 5.74) is 5.66. The van der Waals surface area contributed by atoms with Gasteiger partial charge in [-0.3, -0.25) is 4.79 Å². The lowest BCUT2D eigenvalue weighted by Gasteiger charge is -2.27. The summed E-state index contributed by atoms with van der Waals surface area (Å²) in [4.78, 5) is 14.5. The van der Waals surface area contributed by atoms with Gasteiger partial charge in [-0.15, -0.1) is 0 Å². The minimum atomic E-state index is -0.298. The molecule has 1 saturated carbocycles. The Morgan fingerprint density at radius 2 is 2.06 bits per heavy atom. The summed E-state index contributed by atoms with van der Waals surface area (Å²) in [6.07, 6.45) is 2.51. The molecule has 1 fully saturated rings. The normalized spacial score (nSPS) is 17.2. The van der Waals surface area contributed by atoms with Crippen molar-refractivity contribution in [1.82, 2.24) is 4.90 Å². The summed E-state index contributed by atoms with van der Waals surface area (Å²) in [6, 6.07) is 0. The molecule has 0 radical (unpaired) electrons. The first-order valence-electron chi connectivity index (χ1n) is 6.05. The number of rotatable bonds is 6. The number of carbonyl (C=O) groups excluding carboxylic acids is 1. The van der Waals surface area contributed by atoms with Gasteiger partial charge in [0.15, 0.2) is 0 Å². The predicted molar refractivity (Wildman–Crippen MR) is 70.1 cm³/mol. The first kappa shape index (κ1) is 13.4. The average Bonchev–Trinajstić information content (AvgIpc) is 2.96. The molecular weight excluding hydrogens is 220 g/mol. The molecule has 4 heteroatoms. The number of nitrogens with two attached hydrogens (primary N) is 1. The monoisotopic (exact) mass is 242 g/mol. The highest BCUT2D eigenvalue weighted by Gasteiger charge is 2.32. The number of hydrogen-bond donors (Lipinski definition) is 1. The minimum Gasteiger partial charge on any atom is -0.393 e. The van der Waals surface area contributed by atoms with E-state index >= 15 is 0 Å². The van der Waals surface area contributed by atoms with Gasteiger partial charge in [0, 0.05) is 13.1 Å². The smallest absolute Gasteiger partial charge is 0.232 e. The highest BCUT2D eigenvalue weighted by molar-refractivity contribution is 7.80.